The summed E-state index contributed by atoms with van der Waals surface area (Å²) in [7, 11) is 1.65. The minimum absolute atomic E-state index is 0.446. The summed E-state index contributed by atoms with van der Waals surface area (Å²) in [6.45, 7) is 0.446. The van der Waals surface area contributed by atoms with Crippen LogP contribution in [0.5, 0.6) is 11.5 Å². The average molecular weight is 353 g/mol. The number of nitrogens with zero attached hydrogens (tertiary/aromatic N) is 2. The van der Waals surface area contributed by atoms with Gasteiger partial charge in [0.05, 0.1) is 12.8 Å². The van der Waals surface area contributed by atoms with Crippen LogP contribution in [0.1, 0.15) is 11.3 Å². The molecule has 0 amide bonds. The number of rotatable bonds is 5. The van der Waals surface area contributed by atoms with Crippen molar-refractivity contribution in [2.24, 2.45) is 0 Å². The monoisotopic (exact) mass is 352 g/mol. The molecule has 0 unspecified atom stereocenters. The maximum atomic E-state index is 5.87. The molecule has 0 saturated heterocycles. The minimum Gasteiger partial charge on any atom is -0.497 e. The Balaban J connectivity index is 1.78. The highest BCUT2D eigenvalue weighted by molar-refractivity contribution is 9.08. The number of imidazole rings is 1. The standard InChI is InChI=1S/C14H13BrN2O2S/c1-18-12-3-2-10(7-15)13(6-12)19-9-11-8-17-4-5-20-14(17)16-11/h2-6,8H,7,9H2,1H3. The van der Waals surface area contributed by atoms with E-state index in [4.69, 9.17) is 9.47 Å². The van der Waals surface area contributed by atoms with Crippen LogP contribution >= 0.6 is 27.3 Å². The molecule has 0 saturated carbocycles. The Labute approximate surface area is 129 Å². The summed E-state index contributed by atoms with van der Waals surface area (Å²) in [5.74, 6) is 1.60. The van der Waals surface area contributed by atoms with E-state index < -0.39 is 0 Å². The smallest absolute Gasteiger partial charge is 0.193 e. The largest absolute Gasteiger partial charge is 0.497 e. The van der Waals surface area contributed by atoms with Crippen LogP contribution in [0.3, 0.4) is 0 Å². The molecule has 0 spiro atoms. The van der Waals surface area contributed by atoms with E-state index in [1.807, 2.05) is 40.4 Å². The summed E-state index contributed by atoms with van der Waals surface area (Å²) in [6.07, 6.45) is 3.98. The molecule has 0 bridgehead atoms. The number of thiazole rings is 1. The van der Waals surface area contributed by atoms with Crippen LogP contribution in [0, 0.1) is 0 Å². The molecular weight excluding hydrogens is 340 g/mol. The van der Waals surface area contributed by atoms with Gasteiger partial charge in [0.2, 0.25) is 0 Å². The summed E-state index contributed by atoms with van der Waals surface area (Å²) in [4.78, 5) is 5.48. The zero-order chi connectivity index (χ0) is 13.9. The van der Waals surface area contributed by atoms with Crippen LogP contribution in [0.15, 0.2) is 36.0 Å². The van der Waals surface area contributed by atoms with Crippen molar-refractivity contribution in [3.63, 3.8) is 0 Å². The summed E-state index contributed by atoms with van der Waals surface area (Å²) in [5.41, 5.74) is 2.01. The molecule has 2 aromatic heterocycles. The lowest BCUT2D eigenvalue weighted by Crippen LogP contribution is -1.98. The molecule has 4 nitrogen and oxygen atoms in total. The maximum Gasteiger partial charge on any atom is 0.193 e. The first-order valence-corrected chi connectivity index (χ1v) is 8.07. The van der Waals surface area contributed by atoms with Crippen LogP contribution in [0.25, 0.3) is 4.96 Å². The lowest BCUT2D eigenvalue weighted by molar-refractivity contribution is 0.297. The van der Waals surface area contributed by atoms with E-state index in [-0.39, 0.29) is 0 Å². The van der Waals surface area contributed by atoms with E-state index in [0.29, 0.717) is 6.61 Å². The van der Waals surface area contributed by atoms with Crippen LogP contribution in [0.4, 0.5) is 0 Å². The van der Waals surface area contributed by atoms with E-state index in [0.717, 1.165) is 33.0 Å². The quantitative estimate of drug-likeness (QED) is 0.653. The van der Waals surface area contributed by atoms with Crippen LogP contribution in [-0.2, 0) is 11.9 Å². The Morgan fingerprint density at radius 1 is 1.40 bits per heavy atom. The number of aromatic nitrogens is 2. The van der Waals surface area contributed by atoms with Gasteiger partial charge >= 0.3 is 0 Å². The molecule has 3 aromatic rings. The summed E-state index contributed by atoms with van der Waals surface area (Å²) in [6, 6.07) is 5.82. The van der Waals surface area contributed by atoms with Gasteiger partial charge in [-0.1, -0.05) is 22.0 Å². The van der Waals surface area contributed by atoms with Gasteiger partial charge in [-0.05, 0) is 6.07 Å². The van der Waals surface area contributed by atoms with Crippen LogP contribution < -0.4 is 9.47 Å². The first-order chi connectivity index (χ1) is 9.80. The van der Waals surface area contributed by atoms with Crippen molar-refractivity contribution in [2.45, 2.75) is 11.9 Å². The highest BCUT2D eigenvalue weighted by Gasteiger charge is 2.07. The number of hydrogen-bond donors (Lipinski definition) is 0. The SMILES string of the molecule is COc1ccc(CBr)c(OCc2cn3ccsc3n2)c1. The third-order valence-electron chi connectivity index (χ3n) is 2.94. The second-order valence-electron chi connectivity index (χ2n) is 4.22. The first kappa shape index (κ1) is 13.5. The molecule has 20 heavy (non-hydrogen) atoms. The highest BCUT2D eigenvalue weighted by atomic mass is 79.9. The Kier molecular flexibility index (Phi) is 3.93. The predicted octanol–water partition coefficient (Wildman–Crippen LogP) is 3.88. The van der Waals surface area contributed by atoms with Gasteiger partial charge in [-0.25, -0.2) is 4.98 Å². The van der Waals surface area contributed by atoms with Crippen molar-refractivity contribution in [1.82, 2.24) is 9.38 Å². The second kappa shape index (κ2) is 5.85. The molecule has 0 aliphatic carbocycles. The van der Waals surface area contributed by atoms with E-state index in [9.17, 15) is 0 Å². The van der Waals surface area contributed by atoms with Gasteiger partial charge < -0.3 is 9.47 Å². The third kappa shape index (κ3) is 2.66. The average Bonchev–Trinajstić information content (AvgIpc) is 3.05. The summed E-state index contributed by atoms with van der Waals surface area (Å²) < 4.78 is 13.1. The normalized spacial score (nSPS) is 10.9. The fraction of sp³-hybridized carbons (Fsp3) is 0.214. The molecule has 104 valence electrons. The Bertz CT molecular complexity index is 694. The van der Waals surface area contributed by atoms with Crippen molar-refractivity contribution in [1.29, 1.82) is 0 Å². The Hall–Kier alpha value is -1.53. The van der Waals surface area contributed by atoms with Gasteiger partial charge in [-0.2, -0.15) is 0 Å². The number of methoxy groups -OCH3 is 1. The molecule has 0 fully saturated rings. The Morgan fingerprint density at radius 3 is 3.05 bits per heavy atom. The van der Waals surface area contributed by atoms with Gasteiger partial charge in [0.25, 0.3) is 0 Å². The molecule has 2 heterocycles. The molecule has 0 radical (unpaired) electrons. The maximum absolute atomic E-state index is 5.87. The van der Waals surface area contributed by atoms with Gasteiger partial charge in [0.1, 0.15) is 18.1 Å². The molecule has 3 rings (SSSR count). The van der Waals surface area contributed by atoms with E-state index in [1.54, 1.807) is 18.4 Å². The highest BCUT2D eigenvalue weighted by Crippen LogP contribution is 2.27. The molecule has 0 aliphatic heterocycles. The predicted molar refractivity (Wildman–Crippen MR) is 83.0 cm³/mol. The van der Waals surface area contributed by atoms with Crippen molar-refractivity contribution in [3.05, 3.63) is 47.2 Å². The van der Waals surface area contributed by atoms with E-state index in [2.05, 4.69) is 20.9 Å². The van der Waals surface area contributed by atoms with E-state index in [1.165, 1.54) is 0 Å². The fourth-order valence-electron chi connectivity index (χ4n) is 1.90. The molecule has 6 heteroatoms. The molecule has 0 atom stereocenters. The third-order valence-corrected chi connectivity index (χ3v) is 4.31. The van der Waals surface area contributed by atoms with Gasteiger partial charge in [0, 0.05) is 34.7 Å². The van der Waals surface area contributed by atoms with Gasteiger partial charge in [-0.15, -0.1) is 11.3 Å². The summed E-state index contributed by atoms with van der Waals surface area (Å²) in [5, 5.41) is 2.75. The van der Waals surface area contributed by atoms with Crippen molar-refractivity contribution in [2.75, 3.05) is 7.11 Å². The second-order valence-corrected chi connectivity index (χ2v) is 5.65. The fourth-order valence-corrected chi connectivity index (χ4v) is 3.09. The molecular formula is C14H13BrN2O2S. The van der Waals surface area contributed by atoms with E-state index >= 15 is 0 Å². The zero-order valence-corrected chi connectivity index (χ0v) is 13.3. The first-order valence-electron chi connectivity index (χ1n) is 6.07. The summed E-state index contributed by atoms with van der Waals surface area (Å²) >= 11 is 5.08. The van der Waals surface area contributed by atoms with Crippen molar-refractivity contribution >= 4 is 32.2 Å². The number of ether oxygens (including phenoxy) is 2. The van der Waals surface area contributed by atoms with Crippen molar-refractivity contribution in [3.8, 4) is 11.5 Å². The van der Waals surface area contributed by atoms with Gasteiger partial charge in [-0.3, -0.25) is 4.40 Å². The lowest BCUT2D eigenvalue weighted by atomic mass is 10.2. The number of hydrogen-bond acceptors (Lipinski definition) is 4. The molecule has 1 aromatic carbocycles. The minimum atomic E-state index is 0.446. The van der Waals surface area contributed by atoms with Crippen molar-refractivity contribution < 1.29 is 9.47 Å². The van der Waals surface area contributed by atoms with Gasteiger partial charge in [0.15, 0.2) is 4.96 Å². The number of benzene rings is 1. The number of halogens is 1. The van der Waals surface area contributed by atoms with Crippen LogP contribution in [0.2, 0.25) is 0 Å². The Morgan fingerprint density at radius 2 is 2.30 bits per heavy atom. The topological polar surface area (TPSA) is 35.8 Å². The zero-order valence-electron chi connectivity index (χ0n) is 10.9. The van der Waals surface area contributed by atoms with Crippen LogP contribution in [-0.4, -0.2) is 16.5 Å². The number of fused-ring (bicyclic) bond motifs is 1. The molecule has 0 N–H and O–H groups in total. The lowest BCUT2D eigenvalue weighted by Gasteiger charge is -2.10. The number of alkyl halides is 1. The molecule has 0 aliphatic rings.